The van der Waals surface area contributed by atoms with Crippen molar-refractivity contribution in [2.75, 3.05) is 36.4 Å². The molecular weight excluding hydrogens is 422 g/mol. The van der Waals surface area contributed by atoms with Crippen LogP contribution in [0, 0.1) is 0 Å². The van der Waals surface area contributed by atoms with E-state index in [9.17, 15) is 14.4 Å². The van der Waals surface area contributed by atoms with E-state index in [0.29, 0.717) is 43.0 Å². The number of anilines is 2. The van der Waals surface area contributed by atoms with Crippen LogP contribution in [0.5, 0.6) is 0 Å². The lowest BCUT2D eigenvalue weighted by Gasteiger charge is -2.36. The Bertz CT molecular complexity index is 1070. The van der Waals surface area contributed by atoms with E-state index in [0.717, 1.165) is 5.69 Å². The number of carboxylic acids is 1. The molecule has 0 aliphatic carbocycles. The highest BCUT2D eigenvalue weighted by atomic mass is 16.6. The lowest BCUT2D eigenvalue weighted by atomic mass is 10.1. The zero-order chi connectivity index (χ0) is 24.2. The highest BCUT2D eigenvalue weighted by Gasteiger charge is 2.26. The summed E-state index contributed by atoms with van der Waals surface area (Å²) in [6.45, 7) is 11.4. The van der Waals surface area contributed by atoms with Crippen molar-refractivity contribution in [3.63, 3.8) is 0 Å². The number of benzene rings is 2. The van der Waals surface area contributed by atoms with Crippen molar-refractivity contribution >= 4 is 34.9 Å². The van der Waals surface area contributed by atoms with Crippen molar-refractivity contribution in [1.29, 1.82) is 0 Å². The summed E-state index contributed by atoms with van der Waals surface area (Å²) < 4.78 is 5.44. The Morgan fingerprint density at radius 2 is 1.61 bits per heavy atom. The summed E-state index contributed by atoms with van der Waals surface area (Å²) >= 11 is 0. The number of aliphatic carboxylic acids is 1. The maximum Gasteiger partial charge on any atom is 0.410 e. The van der Waals surface area contributed by atoms with Crippen LogP contribution in [0.2, 0.25) is 0 Å². The number of piperazine rings is 1. The Morgan fingerprint density at radius 1 is 0.970 bits per heavy atom. The number of rotatable bonds is 5. The third kappa shape index (κ3) is 6.35. The first kappa shape index (κ1) is 23.8. The van der Waals surface area contributed by atoms with Crippen LogP contribution in [-0.2, 0) is 9.53 Å². The Balaban J connectivity index is 1.64. The molecule has 1 fully saturated rings. The summed E-state index contributed by atoms with van der Waals surface area (Å²) in [5, 5.41) is 11.9. The van der Waals surface area contributed by atoms with Gasteiger partial charge in [-0.05, 0) is 56.7 Å². The molecule has 0 bridgehead atoms. The van der Waals surface area contributed by atoms with Crippen LogP contribution in [0.1, 0.15) is 36.7 Å². The lowest BCUT2D eigenvalue weighted by Crippen LogP contribution is -2.50. The van der Waals surface area contributed by atoms with Crippen LogP contribution >= 0.6 is 0 Å². The van der Waals surface area contributed by atoms with Crippen LogP contribution in [0.3, 0.4) is 0 Å². The summed E-state index contributed by atoms with van der Waals surface area (Å²) in [4.78, 5) is 40.0. The molecule has 2 amide bonds. The first-order chi connectivity index (χ1) is 15.5. The molecule has 0 aromatic heterocycles. The molecule has 33 heavy (non-hydrogen) atoms. The molecule has 8 nitrogen and oxygen atoms in total. The average Bonchev–Trinajstić information content (AvgIpc) is 2.77. The van der Waals surface area contributed by atoms with Gasteiger partial charge in [-0.15, -0.1) is 0 Å². The predicted octanol–water partition coefficient (Wildman–Crippen LogP) is 4.09. The number of nitrogens with zero attached hydrogens (tertiary/aromatic N) is 2. The van der Waals surface area contributed by atoms with E-state index in [4.69, 9.17) is 9.84 Å². The minimum Gasteiger partial charge on any atom is -0.478 e. The molecule has 2 aromatic carbocycles. The van der Waals surface area contributed by atoms with Gasteiger partial charge < -0.3 is 25.0 Å². The Morgan fingerprint density at radius 3 is 2.24 bits per heavy atom. The van der Waals surface area contributed by atoms with Gasteiger partial charge in [0.05, 0.1) is 5.57 Å². The number of carbonyl (C=O) groups is 3. The molecule has 0 atom stereocenters. The molecule has 0 unspecified atom stereocenters. The van der Waals surface area contributed by atoms with Crippen molar-refractivity contribution in [3.05, 3.63) is 66.2 Å². The topological polar surface area (TPSA) is 99.2 Å². The SMILES string of the molecule is C=C(C(=O)O)c1cccc(NC(=O)c2cccc(N3CCN(C(=O)OC(C)(C)C)CC3)c2)c1. The molecule has 1 aliphatic heterocycles. The fourth-order valence-corrected chi connectivity index (χ4v) is 3.43. The van der Waals surface area contributed by atoms with E-state index >= 15 is 0 Å². The molecule has 0 radical (unpaired) electrons. The third-order valence-corrected chi connectivity index (χ3v) is 5.13. The summed E-state index contributed by atoms with van der Waals surface area (Å²) in [7, 11) is 0. The minimum atomic E-state index is -1.11. The largest absolute Gasteiger partial charge is 0.478 e. The zero-order valence-electron chi connectivity index (χ0n) is 19.1. The summed E-state index contributed by atoms with van der Waals surface area (Å²) in [5.41, 5.74) is 1.70. The van der Waals surface area contributed by atoms with Gasteiger partial charge in [0.25, 0.3) is 5.91 Å². The van der Waals surface area contributed by atoms with Gasteiger partial charge >= 0.3 is 12.1 Å². The predicted molar refractivity (Wildman–Crippen MR) is 128 cm³/mol. The van der Waals surface area contributed by atoms with Crippen LogP contribution < -0.4 is 10.2 Å². The minimum absolute atomic E-state index is 0.0429. The van der Waals surface area contributed by atoms with Crippen LogP contribution in [0.25, 0.3) is 5.57 Å². The molecular formula is C25H29N3O5. The fourth-order valence-electron chi connectivity index (χ4n) is 3.43. The first-order valence-corrected chi connectivity index (χ1v) is 10.7. The second-order valence-corrected chi connectivity index (χ2v) is 8.82. The monoisotopic (exact) mass is 451 g/mol. The highest BCUT2D eigenvalue weighted by Crippen LogP contribution is 2.22. The highest BCUT2D eigenvalue weighted by molar-refractivity contribution is 6.15. The van der Waals surface area contributed by atoms with Gasteiger partial charge in [0.1, 0.15) is 5.60 Å². The average molecular weight is 452 g/mol. The number of amides is 2. The van der Waals surface area contributed by atoms with Crippen LogP contribution in [-0.4, -0.2) is 59.8 Å². The van der Waals surface area contributed by atoms with E-state index < -0.39 is 11.6 Å². The van der Waals surface area contributed by atoms with Gasteiger partial charge in [-0.2, -0.15) is 0 Å². The molecule has 2 N–H and O–H groups in total. The van der Waals surface area contributed by atoms with Crippen molar-refractivity contribution in [1.82, 2.24) is 4.90 Å². The second-order valence-electron chi connectivity index (χ2n) is 8.82. The second kappa shape index (κ2) is 9.77. The number of hydrogen-bond acceptors (Lipinski definition) is 5. The van der Waals surface area contributed by atoms with E-state index in [1.54, 1.807) is 41.3 Å². The molecule has 0 saturated carbocycles. The van der Waals surface area contributed by atoms with Gasteiger partial charge in [-0.3, -0.25) is 4.79 Å². The van der Waals surface area contributed by atoms with E-state index in [-0.39, 0.29) is 17.6 Å². The number of carboxylic acid groups (broad SMARTS) is 1. The quantitative estimate of drug-likeness (QED) is 0.665. The molecule has 1 saturated heterocycles. The lowest BCUT2D eigenvalue weighted by molar-refractivity contribution is -0.130. The van der Waals surface area contributed by atoms with E-state index in [2.05, 4.69) is 16.8 Å². The van der Waals surface area contributed by atoms with Crippen molar-refractivity contribution in [2.45, 2.75) is 26.4 Å². The normalized spacial score (nSPS) is 13.9. The van der Waals surface area contributed by atoms with Gasteiger partial charge in [0.2, 0.25) is 0 Å². The van der Waals surface area contributed by atoms with Crippen molar-refractivity contribution in [2.24, 2.45) is 0 Å². The van der Waals surface area contributed by atoms with Gasteiger partial charge in [0, 0.05) is 43.1 Å². The van der Waals surface area contributed by atoms with E-state index in [1.807, 2.05) is 32.9 Å². The van der Waals surface area contributed by atoms with Crippen LogP contribution in [0.15, 0.2) is 55.1 Å². The molecule has 3 rings (SSSR count). The third-order valence-electron chi connectivity index (χ3n) is 5.13. The van der Waals surface area contributed by atoms with Gasteiger partial charge in [-0.25, -0.2) is 9.59 Å². The summed E-state index contributed by atoms with van der Waals surface area (Å²) in [5.74, 6) is -1.42. The molecule has 1 aliphatic rings. The van der Waals surface area contributed by atoms with Gasteiger partial charge in [-0.1, -0.05) is 24.8 Å². The number of nitrogens with one attached hydrogen (secondary N) is 1. The number of ether oxygens (including phenoxy) is 1. The maximum atomic E-state index is 12.8. The fraction of sp³-hybridized carbons (Fsp3) is 0.320. The first-order valence-electron chi connectivity index (χ1n) is 10.7. The standard InChI is InChI=1S/C25H29N3O5/c1-17(23(30)31)18-7-5-9-20(15-18)26-22(29)19-8-6-10-21(16-19)27-11-13-28(14-12-27)24(32)33-25(2,3)4/h5-10,15-16H,1,11-14H2,2-4H3,(H,26,29)(H,30,31). The number of hydrogen-bond donors (Lipinski definition) is 2. The molecule has 8 heteroatoms. The number of carbonyl (C=O) groups excluding carboxylic acids is 2. The van der Waals surface area contributed by atoms with Gasteiger partial charge in [0.15, 0.2) is 0 Å². The summed E-state index contributed by atoms with van der Waals surface area (Å²) in [6, 6.07) is 13.8. The van der Waals surface area contributed by atoms with Crippen molar-refractivity contribution < 1.29 is 24.2 Å². The Kier molecular flexibility index (Phi) is 7.06. The molecule has 174 valence electrons. The zero-order valence-corrected chi connectivity index (χ0v) is 19.1. The molecule has 2 aromatic rings. The molecule has 0 spiro atoms. The summed E-state index contributed by atoms with van der Waals surface area (Å²) in [6.07, 6.45) is -0.317. The van der Waals surface area contributed by atoms with Crippen LogP contribution in [0.4, 0.5) is 16.2 Å². The van der Waals surface area contributed by atoms with E-state index in [1.165, 1.54) is 0 Å². The smallest absolute Gasteiger partial charge is 0.410 e. The maximum absolute atomic E-state index is 12.8. The van der Waals surface area contributed by atoms with Crippen molar-refractivity contribution in [3.8, 4) is 0 Å². The Labute approximate surface area is 193 Å². The molecule has 1 heterocycles. The Hall–Kier alpha value is -3.81.